The molecule has 16 heavy (non-hydrogen) atoms. The van der Waals surface area contributed by atoms with Gasteiger partial charge in [0, 0.05) is 16.0 Å². The Morgan fingerprint density at radius 1 is 1.50 bits per heavy atom. The monoisotopic (exact) mass is 328 g/mol. The molecule has 1 heterocycles. The van der Waals surface area contributed by atoms with Gasteiger partial charge < -0.3 is 5.11 Å². The van der Waals surface area contributed by atoms with Gasteiger partial charge in [-0.2, -0.15) is 5.10 Å². The minimum absolute atomic E-state index is 0.314. The minimum atomic E-state index is -0.899. The third-order valence-electron chi connectivity index (χ3n) is 2.19. The number of hydrogen-bond acceptors (Lipinski definition) is 2. The van der Waals surface area contributed by atoms with Crippen LogP contribution in [-0.4, -0.2) is 20.9 Å². The molecular weight excluding hydrogens is 319 g/mol. The number of aromatic nitrogens is 2. The number of carboxylic acids is 1. The van der Waals surface area contributed by atoms with E-state index in [0.29, 0.717) is 12.1 Å². The van der Waals surface area contributed by atoms with E-state index in [1.165, 1.54) is 0 Å². The molecule has 5 heteroatoms. The van der Waals surface area contributed by atoms with Gasteiger partial charge in [0.1, 0.15) is 0 Å². The third kappa shape index (κ3) is 2.41. The van der Waals surface area contributed by atoms with E-state index in [1.807, 2.05) is 18.3 Å². The molecule has 4 nitrogen and oxygen atoms in total. The average Bonchev–Trinajstić information content (AvgIpc) is 2.73. The Hall–Kier alpha value is -1.37. The van der Waals surface area contributed by atoms with Crippen molar-refractivity contribution in [3.05, 3.63) is 51.4 Å². The summed E-state index contributed by atoms with van der Waals surface area (Å²) in [5.41, 5.74) is 1.38. The zero-order valence-electron chi connectivity index (χ0n) is 8.30. The van der Waals surface area contributed by atoms with Crippen molar-refractivity contribution < 1.29 is 9.90 Å². The largest absolute Gasteiger partial charge is 0.478 e. The molecule has 0 aliphatic heterocycles. The van der Waals surface area contributed by atoms with Gasteiger partial charge in [0.15, 0.2) is 0 Å². The normalized spacial score (nSPS) is 10.3. The third-order valence-corrected chi connectivity index (χ3v) is 3.20. The van der Waals surface area contributed by atoms with E-state index in [1.54, 1.807) is 23.0 Å². The number of benzene rings is 1. The van der Waals surface area contributed by atoms with Crippen LogP contribution in [0.5, 0.6) is 0 Å². The van der Waals surface area contributed by atoms with Crippen LogP contribution >= 0.6 is 22.6 Å². The smallest absolute Gasteiger partial charge is 0.335 e. The molecule has 0 radical (unpaired) electrons. The van der Waals surface area contributed by atoms with Crippen LogP contribution in [0.15, 0.2) is 36.7 Å². The first-order valence-electron chi connectivity index (χ1n) is 4.66. The van der Waals surface area contributed by atoms with Crippen molar-refractivity contribution in [1.82, 2.24) is 9.78 Å². The molecule has 0 saturated heterocycles. The Balaban J connectivity index is 2.26. The summed E-state index contributed by atoms with van der Waals surface area (Å²) in [6.07, 6.45) is 3.60. The van der Waals surface area contributed by atoms with E-state index in [9.17, 15) is 4.79 Å². The maximum Gasteiger partial charge on any atom is 0.335 e. The number of nitrogens with zero attached hydrogens (tertiary/aromatic N) is 2. The molecule has 82 valence electrons. The fourth-order valence-corrected chi connectivity index (χ4v) is 2.06. The molecule has 0 aliphatic carbocycles. The molecule has 2 aromatic rings. The van der Waals surface area contributed by atoms with Crippen molar-refractivity contribution in [2.75, 3.05) is 0 Å². The van der Waals surface area contributed by atoms with Gasteiger partial charge >= 0.3 is 5.97 Å². The van der Waals surface area contributed by atoms with Crippen LogP contribution in [0, 0.1) is 3.57 Å². The van der Waals surface area contributed by atoms with Gasteiger partial charge in [-0.15, -0.1) is 0 Å². The van der Waals surface area contributed by atoms with Crippen molar-refractivity contribution in [3.8, 4) is 0 Å². The topological polar surface area (TPSA) is 55.1 Å². The first-order valence-corrected chi connectivity index (χ1v) is 5.74. The first-order chi connectivity index (χ1) is 7.66. The number of halogens is 1. The number of hydrogen-bond donors (Lipinski definition) is 1. The molecule has 0 saturated carbocycles. The van der Waals surface area contributed by atoms with E-state index >= 15 is 0 Å². The molecule has 0 fully saturated rings. The fraction of sp³-hybridized carbons (Fsp3) is 0.0909. The Bertz CT molecular complexity index is 509. The molecule has 1 aromatic heterocycles. The van der Waals surface area contributed by atoms with Gasteiger partial charge in [-0.3, -0.25) is 4.68 Å². The zero-order valence-corrected chi connectivity index (χ0v) is 10.5. The van der Waals surface area contributed by atoms with Gasteiger partial charge in [0.05, 0.1) is 12.1 Å². The summed E-state index contributed by atoms with van der Waals surface area (Å²) in [4.78, 5) is 10.8. The standard InChI is InChI=1S/C11H9IN2O2/c12-10-6-8(11(15)16)2-3-9(10)7-14-5-1-4-13-14/h1-6H,7H2,(H,15,16). The van der Waals surface area contributed by atoms with E-state index in [0.717, 1.165) is 9.13 Å². The Morgan fingerprint density at radius 3 is 2.88 bits per heavy atom. The highest BCUT2D eigenvalue weighted by Gasteiger charge is 2.06. The van der Waals surface area contributed by atoms with Gasteiger partial charge in [0.2, 0.25) is 0 Å². The van der Waals surface area contributed by atoms with Crippen molar-refractivity contribution in [2.45, 2.75) is 6.54 Å². The Labute approximate surface area is 106 Å². The fourth-order valence-electron chi connectivity index (χ4n) is 1.38. The van der Waals surface area contributed by atoms with Gasteiger partial charge in [-0.25, -0.2) is 4.79 Å². The average molecular weight is 328 g/mol. The summed E-state index contributed by atoms with van der Waals surface area (Å²) in [5.74, 6) is -0.899. The Morgan fingerprint density at radius 2 is 2.31 bits per heavy atom. The van der Waals surface area contributed by atoms with Gasteiger partial charge in [-0.05, 0) is 46.4 Å². The second-order valence-electron chi connectivity index (χ2n) is 3.31. The number of rotatable bonds is 3. The van der Waals surface area contributed by atoms with Crippen LogP contribution < -0.4 is 0 Å². The van der Waals surface area contributed by atoms with Crippen LogP contribution in [0.4, 0.5) is 0 Å². The molecular formula is C11H9IN2O2. The van der Waals surface area contributed by atoms with E-state index in [4.69, 9.17) is 5.11 Å². The molecule has 0 atom stereocenters. The lowest BCUT2D eigenvalue weighted by Crippen LogP contribution is -2.04. The van der Waals surface area contributed by atoms with Crippen LogP contribution in [0.1, 0.15) is 15.9 Å². The predicted octanol–water partition coefficient (Wildman–Crippen LogP) is 2.23. The molecule has 0 spiro atoms. The summed E-state index contributed by atoms with van der Waals surface area (Å²) < 4.78 is 2.74. The summed E-state index contributed by atoms with van der Waals surface area (Å²) in [7, 11) is 0. The lowest BCUT2D eigenvalue weighted by molar-refractivity contribution is 0.0697. The number of carbonyl (C=O) groups is 1. The quantitative estimate of drug-likeness (QED) is 0.879. The van der Waals surface area contributed by atoms with Crippen molar-refractivity contribution in [3.63, 3.8) is 0 Å². The van der Waals surface area contributed by atoms with Crippen LogP contribution in [-0.2, 0) is 6.54 Å². The van der Waals surface area contributed by atoms with Gasteiger partial charge in [0.25, 0.3) is 0 Å². The van der Waals surface area contributed by atoms with E-state index in [-0.39, 0.29) is 0 Å². The summed E-state index contributed by atoms with van der Waals surface area (Å²) in [6.45, 7) is 0.658. The SMILES string of the molecule is O=C(O)c1ccc(Cn2cccn2)c(I)c1. The minimum Gasteiger partial charge on any atom is -0.478 e. The molecule has 1 N–H and O–H groups in total. The predicted molar refractivity (Wildman–Crippen MR) is 67.4 cm³/mol. The van der Waals surface area contributed by atoms with Crippen molar-refractivity contribution in [1.29, 1.82) is 0 Å². The zero-order chi connectivity index (χ0) is 11.5. The maximum absolute atomic E-state index is 10.8. The number of aromatic carboxylic acids is 1. The van der Waals surface area contributed by atoms with Gasteiger partial charge in [-0.1, -0.05) is 6.07 Å². The summed E-state index contributed by atoms with van der Waals surface area (Å²) >= 11 is 2.14. The molecule has 2 rings (SSSR count). The molecule has 0 aliphatic rings. The van der Waals surface area contributed by atoms with Crippen molar-refractivity contribution >= 4 is 28.6 Å². The van der Waals surface area contributed by atoms with Crippen LogP contribution in [0.2, 0.25) is 0 Å². The second kappa shape index (κ2) is 4.65. The molecule has 1 aromatic carbocycles. The first kappa shape index (κ1) is 11.1. The highest BCUT2D eigenvalue weighted by molar-refractivity contribution is 14.1. The molecule has 0 bridgehead atoms. The van der Waals surface area contributed by atoms with Crippen LogP contribution in [0.3, 0.4) is 0 Å². The van der Waals surface area contributed by atoms with Crippen LogP contribution in [0.25, 0.3) is 0 Å². The Kier molecular flexibility index (Phi) is 3.23. The number of carboxylic acid groups (broad SMARTS) is 1. The lowest BCUT2D eigenvalue weighted by Gasteiger charge is -2.05. The highest BCUT2D eigenvalue weighted by atomic mass is 127. The van der Waals surface area contributed by atoms with E-state index < -0.39 is 5.97 Å². The summed E-state index contributed by atoms with van der Waals surface area (Å²) in [6, 6.07) is 6.97. The van der Waals surface area contributed by atoms with Crippen molar-refractivity contribution in [2.24, 2.45) is 0 Å². The molecule has 0 unspecified atom stereocenters. The molecule has 0 amide bonds. The lowest BCUT2D eigenvalue weighted by atomic mass is 10.1. The summed E-state index contributed by atoms with van der Waals surface area (Å²) in [5, 5.41) is 12.9. The second-order valence-corrected chi connectivity index (χ2v) is 4.48. The van der Waals surface area contributed by atoms with E-state index in [2.05, 4.69) is 27.7 Å². The highest BCUT2D eigenvalue weighted by Crippen LogP contribution is 2.15. The maximum atomic E-state index is 10.8.